The van der Waals surface area contributed by atoms with Gasteiger partial charge in [0.15, 0.2) is 0 Å². The average Bonchev–Trinajstić information content (AvgIpc) is 3.28. The molecule has 6 nitrogen and oxygen atoms in total. The van der Waals surface area contributed by atoms with Gasteiger partial charge in [-0.3, -0.25) is 14.6 Å². The second-order valence-corrected chi connectivity index (χ2v) is 10.9. The first-order valence-corrected chi connectivity index (χ1v) is 13.5. The summed E-state index contributed by atoms with van der Waals surface area (Å²) < 4.78 is 0. The zero-order valence-electron chi connectivity index (χ0n) is 20.3. The van der Waals surface area contributed by atoms with Crippen LogP contribution in [0.1, 0.15) is 15.9 Å². The van der Waals surface area contributed by atoms with E-state index in [1.807, 2.05) is 24.3 Å². The summed E-state index contributed by atoms with van der Waals surface area (Å²) in [7, 11) is 0. The number of likely N-dealkylation sites (tertiary alicyclic amines) is 1. The molecule has 5 rings (SSSR count). The molecule has 0 aromatic heterocycles. The van der Waals surface area contributed by atoms with Crippen LogP contribution in [0.15, 0.2) is 66.7 Å². The maximum absolute atomic E-state index is 13.6. The highest BCUT2D eigenvalue weighted by molar-refractivity contribution is 6.31. The van der Waals surface area contributed by atoms with E-state index >= 15 is 0 Å². The Morgan fingerprint density at radius 3 is 2.14 bits per heavy atom. The number of aliphatic hydroxyl groups excluding tert-OH is 1. The second kappa shape index (κ2) is 11.6. The summed E-state index contributed by atoms with van der Waals surface area (Å²) in [5.74, 6) is -0.129. The van der Waals surface area contributed by atoms with Crippen molar-refractivity contribution in [3.05, 3.63) is 92.9 Å². The predicted octanol–water partition coefficient (Wildman–Crippen LogP) is 5.39. The van der Waals surface area contributed by atoms with Gasteiger partial charge in [0.1, 0.15) is 0 Å². The molecule has 2 saturated heterocycles. The highest BCUT2D eigenvalue weighted by Crippen LogP contribution is 2.29. The average molecular weight is 560 g/mol. The zero-order chi connectivity index (χ0) is 25.9. The number of carbonyl (C=O) groups is 1. The van der Waals surface area contributed by atoms with E-state index in [-0.39, 0.29) is 11.9 Å². The smallest absolute Gasteiger partial charge is 0.256 e. The molecule has 2 aliphatic heterocycles. The highest BCUT2D eigenvalue weighted by Gasteiger charge is 2.39. The molecular formula is C28H29Cl3N4O2. The van der Waals surface area contributed by atoms with Crippen molar-refractivity contribution < 1.29 is 9.90 Å². The van der Waals surface area contributed by atoms with Crippen LogP contribution in [-0.4, -0.2) is 77.1 Å². The monoisotopic (exact) mass is 558 g/mol. The van der Waals surface area contributed by atoms with Gasteiger partial charge in [0.2, 0.25) is 0 Å². The van der Waals surface area contributed by atoms with Gasteiger partial charge in [-0.15, -0.1) is 0 Å². The molecule has 0 radical (unpaired) electrons. The minimum atomic E-state index is -0.591. The lowest BCUT2D eigenvalue weighted by atomic mass is 10.1. The van der Waals surface area contributed by atoms with Crippen LogP contribution in [0.25, 0.3) is 0 Å². The minimum Gasteiger partial charge on any atom is -0.390 e. The third-order valence-electron chi connectivity index (χ3n) is 7.08. The first-order chi connectivity index (χ1) is 17.9. The van der Waals surface area contributed by atoms with Crippen molar-refractivity contribution in [2.45, 2.75) is 18.7 Å². The van der Waals surface area contributed by atoms with Crippen molar-refractivity contribution in [3.63, 3.8) is 0 Å². The van der Waals surface area contributed by atoms with Gasteiger partial charge in [-0.1, -0.05) is 46.9 Å². The van der Waals surface area contributed by atoms with Crippen molar-refractivity contribution in [2.24, 2.45) is 0 Å². The standard InChI is InChI=1S/C28H29Cl3N4O2/c29-20-3-1-19(2-4-20)16-33-11-13-34(14-12-33)26-17-35(18-27(26)36)28(37)24-10-7-22(31)15-25(24)32-23-8-5-21(30)6-9-23/h1-10,15,26-27,32,36H,11-14,16-18H2/t26-,27-/m1/s1. The van der Waals surface area contributed by atoms with Crippen LogP contribution in [0.3, 0.4) is 0 Å². The van der Waals surface area contributed by atoms with Crippen molar-refractivity contribution >= 4 is 52.1 Å². The molecule has 0 spiro atoms. The number of hydrogen-bond donors (Lipinski definition) is 2. The fourth-order valence-corrected chi connectivity index (χ4v) is 5.48. The first-order valence-electron chi connectivity index (χ1n) is 12.4. The summed E-state index contributed by atoms with van der Waals surface area (Å²) in [5.41, 5.74) is 3.17. The Morgan fingerprint density at radius 2 is 1.46 bits per heavy atom. The molecule has 2 fully saturated rings. The molecule has 37 heavy (non-hydrogen) atoms. The van der Waals surface area contributed by atoms with E-state index in [2.05, 4.69) is 27.2 Å². The number of anilines is 2. The third-order valence-corrected chi connectivity index (χ3v) is 7.82. The van der Waals surface area contributed by atoms with E-state index in [0.717, 1.165) is 43.4 Å². The number of nitrogens with one attached hydrogen (secondary N) is 1. The largest absolute Gasteiger partial charge is 0.390 e. The van der Waals surface area contributed by atoms with Gasteiger partial charge in [0.25, 0.3) is 5.91 Å². The van der Waals surface area contributed by atoms with Gasteiger partial charge in [0.05, 0.1) is 23.4 Å². The molecule has 0 unspecified atom stereocenters. The molecule has 0 bridgehead atoms. The Balaban J connectivity index is 1.21. The number of halogens is 3. The number of rotatable bonds is 6. The lowest BCUT2D eigenvalue weighted by Crippen LogP contribution is -2.53. The first kappa shape index (κ1) is 26.3. The molecule has 2 atom stereocenters. The minimum absolute atomic E-state index is 0.0818. The van der Waals surface area contributed by atoms with Crippen LogP contribution in [0.5, 0.6) is 0 Å². The SMILES string of the molecule is O=C(c1ccc(Cl)cc1Nc1ccc(Cl)cc1)N1C[C@@H](O)[C@H](N2CCN(Cc3ccc(Cl)cc3)CC2)C1. The van der Waals surface area contributed by atoms with E-state index in [1.54, 1.807) is 35.2 Å². The van der Waals surface area contributed by atoms with Crippen LogP contribution in [0.2, 0.25) is 15.1 Å². The number of nitrogens with zero attached hydrogens (tertiary/aromatic N) is 3. The Morgan fingerprint density at radius 1 is 0.838 bits per heavy atom. The number of carbonyl (C=O) groups excluding carboxylic acids is 1. The maximum atomic E-state index is 13.6. The van der Waals surface area contributed by atoms with E-state index < -0.39 is 6.10 Å². The van der Waals surface area contributed by atoms with Crippen LogP contribution in [0, 0.1) is 0 Å². The van der Waals surface area contributed by atoms with Gasteiger partial charge in [0, 0.05) is 66.6 Å². The summed E-state index contributed by atoms with van der Waals surface area (Å²) in [4.78, 5) is 20.0. The topological polar surface area (TPSA) is 59.1 Å². The zero-order valence-corrected chi connectivity index (χ0v) is 22.6. The van der Waals surface area contributed by atoms with Crippen LogP contribution < -0.4 is 5.32 Å². The summed E-state index contributed by atoms with van der Waals surface area (Å²) >= 11 is 18.3. The summed E-state index contributed by atoms with van der Waals surface area (Å²) in [6.45, 7) is 5.18. The summed E-state index contributed by atoms with van der Waals surface area (Å²) in [6.07, 6.45) is -0.591. The third kappa shape index (κ3) is 6.40. The maximum Gasteiger partial charge on any atom is 0.256 e. The Hall–Kier alpha value is -2.32. The van der Waals surface area contributed by atoms with E-state index in [9.17, 15) is 9.90 Å². The summed E-state index contributed by atoms with van der Waals surface area (Å²) in [5, 5.41) is 16.1. The van der Waals surface area contributed by atoms with Gasteiger partial charge < -0.3 is 15.3 Å². The predicted molar refractivity (Wildman–Crippen MR) is 150 cm³/mol. The number of piperazine rings is 1. The molecule has 3 aromatic carbocycles. The molecule has 0 aliphatic carbocycles. The second-order valence-electron chi connectivity index (χ2n) is 9.61. The van der Waals surface area contributed by atoms with Gasteiger partial charge >= 0.3 is 0 Å². The van der Waals surface area contributed by atoms with Crippen molar-refractivity contribution in [1.82, 2.24) is 14.7 Å². The van der Waals surface area contributed by atoms with Crippen LogP contribution >= 0.6 is 34.8 Å². The quantitative estimate of drug-likeness (QED) is 0.424. The molecule has 0 saturated carbocycles. The molecule has 9 heteroatoms. The van der Waals surface area contributed by atoms with Crippen LogP contribution in [-0.2, 0) is 6.54 Å². The van der Waals surface area contributed by atoms with Crippen molar-refractivity contribution in [2.75, 3.05) is 44.6 Å². The lowest BCUT2D eigenvalue weighted by molar-refractivity contribution is 0.0423. The Bertz CT molecular complexity index is 1230. The Kier molecular flexibility index (Phi) is 8.24. The molecule has 1 amide bonds. The normalized spacial score (nSPS) is 20.8. The number of benzene rings is 3. The molecule has 3 aromatic rings. The van der Waals surface area contributed by atoms with E-state index in [0.29, 0.717) is 34.4 Å². The molecule has 2 aliphatic rings. The molecular weight excluding hydrogens is 531 g/mol. The summed E-state index contributed by atoms with van der Waals surface area (Å²) in [6, 6.07) is 20.3. The highest BCUT2D eigenvalue weighted by atomic mass is 35.5. The van der Waals surface area contributed by atoms with Gasteiger partial charge in [-0.25, -0.2) is 0 Å². The molecule has 2 N–H and O–H groups in total. The lowest BCUT2D eigenvalue weighted by Gasteiger charge is -2.38. The molecule has 194 valence electrons. The van der Waals surface area contributed by atoms with E-state index in [4.69, 9.17) is 34.8 Å². The fourth-order valence-electron chi connectivity index (χ4n) is 5.06. The number of β-amino-alcohol motifs (C(OH)–C–C–N with tert-alkyl or cyclic N) is 1. The van der Waals surface area contributed by atoms with Crippen molar-refractivity contribution in [1.29, 1.82) is 0 Å². The number of hydrogen-bond acceptors (Lipinski definition) is 5. The van der Waals surface area contributed by atoms with Gasteiger partial charge in [-0.05, 0) is 60.2 Å². The fraction of sp³-hybridized carbons (Fsp3) is 0.321. The van der Waals surface area contributed by atoms with Crippen molar-refractivity contribution in [3.8, 4) is 0 Å². The van der Waals surface area contributed by atoms with Gasteiger partial charge in [-0.2, -0.15) is 0 Å². The molecule has 2 heterocycles. The van der Waals surface area contributed by atoms with Crippen LogP contribution in [0.4, 0.5) is 11.4 Å². The number of aliphatic hydroxyl groups is 1. The number of amides is 1. The Labute approximate surface area is 232 Å². The van der Waals surface area contributed by atoms with E-state index in [1.165, 1.54) is 5.56 Å².